The molecule has 0 bridgehead atoms. The fourth-order valence-electron chi connectivity index (χ4n) is 2.55. The first-order valence-electron chi connectivity index (χ1n) is 8.09. The smallest absolute Gasteiger partial charge is 0.248 e. The van der Waals surface area contributed by atoms with E-state index < -0.39 is 0 Å². The first-order chi connectivity index (χ1) is 12.7. The van der Waals surface area contributed by atoms with Crippen molar-refractivity contribution < 1.29 is 19.4 Å². The number of fused-ring (bicyclic) bond motifs is 1. The molecule has 0 heterocycles. The highest BCUT2D eigenvalue weighted by Gasteiger charge is 2.05. The van der Waals surface area contributed by atoms with Gasteiger partial charge in [-0.2, -0.15) is 0 Å². The largest absolute Gasteiger partial charge is 0.507 e. The third-order valence-electron chi connectivity index (χ3n) is 3.81. The highest BCUT2D eigenvalue weighted by atomic mass is 16.7. The third kappa shape index (κ3) is 4.20. The van der Waals surface area contributed by atoms with Crippen molar-refractivity contribution in [2.75, 3.05) is 19.2 Å². The van der Waals surface area contributed by atoms with Gasteiger partial charge in [0.2, 0.25) is 5.91 Å². The fourth-order valence-corrected chi connectivity index (χ4v) is 2.55. The van der Waals surface area contributed by atoms with E-state index in [0.29, 0.717) is 16.8 Å². The van der Waals surface area contributed by atoms with Gasteiger partial charge in [0.15, 0.2) is 6.79 Å². The number of benzene rings is 3. The number of phenols is 1. The van der Waals surface area contributed by atoms with E-state index in [1.54, 1.807) is 37.5 Å². The van der Waals surface area contributed by atoms with Gasteiger partial charge in [-0.25, -0.2) is 0 Å². The lowest BCUT2D eigenvalue weighted by molar-refractivity contribution is -0.111. The van der Waals surface area contributed by atoms with E-state index in [-0.39, 0.29) is 18.4 Å². The summed E-state index contributed by atoms with van der Waals surface area (Å²) in [5.74, 6) is 0.634. The Morgan fingerprint density at radius 1 is 1.04 bits per heavy atom. The number of carbonyl (C=O) groups excluding carboxylic acids is 1. The fraction of sp³-hybridized carbons (Fsp3) is 0.0952. The molecule has 0 spiro atoms. The minimum Gasteiger partial charge on any atom is -0.507 e. The summed E-state index contributed by atoms with van der Waals surface area (Å²) in [6, 6.07) is 17.9. The number of hydrogen-bond acceptors (Lipinski definition) is 4. The van der Waals surface area contributed by atoms with Crippen LogP contribution in [0.1, 0.15) is 5.56 Å². The van der Waals surface area contributed by atoms with Crippen LogP contribution in [0.4, 0.5) is 5.69 Å². The summed E-state index contributed by atoms with van der Waals surface area (Å²) >= 11 is 0. The molecule has 3 rings (SSSR count). The summed E-state index contributed by atoms with van der Waals surface area (Å²) in [5.41, 5.74) is 1.52. The van der Waals surface area contributed by atoms with Crippen molar-refractivity contribution in [2.24, 2.45) is 0 Å². The second-order valence-electron chi connectivity index (χ2n) is 5.62. The van der Waals surface area contributed by atoms with Gasteiger partial charge >= 0.3 is 0 Å². The molecule has 0 fully saturated rings. The number of carbonyl (C=O) groups is 1. The maximum absolute atomic E-state index is 12.2. The number of amides is 1. The summed E-state index contributed by atoms with van der Waals surface area (Å²) in [4.78, 5) is 12.2. The molecule has 0 atom stereocenters. The number of rotatable bonds is 6. The van der Waals surface area contributed by atoms with E-state index in [0.717, 1.165) is 10.9 Å². The molecule has 26 heavy (non-hydrogen) atoms. The van der Waals surface area contributed by atoms with Crippen molar-refractivity contribution in [2.45, 2.75) is 0 Å². The molecule has 3 aromatic rings. The number of methoxy groups -OCH3 is 1. The molecule has 5 heteroatoms. The van der Waals surface area contributed by atoms with Gasteiger partial charge < -0.3 is 19.9 Å². The van der Waals surface area contributed by atoms with E-state index in [1.165, 1.54) is 6.08 Å². The first-order valence-corrected chi connectivity index (χ1v) is 8.09. The molecule has 132 valence electrons. The Morgan fingerprint density at radius 2 is 1.77 bits per heavy atom. The van der Waals surface area contributed by atoms with Crippen molar-refractivity contribution in [3.05, 3.63) is 72.3 Å². The monoisotopic (exact) mass is 349 g/mol. The van der Waals surface area contributed by atoms with Crippen LogP contribution in [-0.4, -0.2) is 24.9 Å². The predicted octanol–water partition coefficient (Wildman–Crippen LogP) is 4.18. The predicted molar refractivity (Wildman–Crippen MR) is 102 cm³/mol. The second kappa shape index (κ2) is 8.18. The lowest BCUT2D eigenvalue weighted by Gasteiger charge is -2.08. The van der Waals surface area contributed by atoms with Crippen LogP contribution < -0.4 is 10.1 Å². The van der Waals surface area contributed by atoms with Gasteiger partial charge in [-0.1, -0.05) is 36.4 Å². The summed E-state index contributed by atoms with van der Waals surface area (Å²) < 4.78 is 10.2. The van der Waals surface area contributed by atoms with Gasteiger partial charge in [-0.15, -0.1) is 0 Å². The van der Waals surface area contributed by atoms with Crippen LogP contribution in [0.15, 0.2) is 66.7 Å². The summed E-state index contributed by atoms with van der Waals surface area (Å²) in [6.45, 7) is 0.193. The zero-order valence-corrected chi connectivity index (χ0v) is 14.3. The van der Waals surface area contributed by atoms with Gasteiger partial charge in [0, 0.05) is 29.6 Å². The molecule has 0 radical (unpaired) electrons. The Kier molecular flexibility index (Phi) is 5.51. The van der Waals surface area contributed by atoms with Crippen LogP contribution in [-0.2, 0) is 9.53 Å². The minimum absolute atomic E-state index is 0.185. The van der Waals surface area contributed by atoms with Crippen molar-refractivity contribution in [1.29, 1.82) is 0 Å². The molecule has 0 saturated carbocycles. The average Bonchev–Trinajstić information content (AvgIpc) is 2.66. The Labute approximate surface area is 151 Å². The molecule has 1 amide bonds. The van der Waals surface area contributed by atoms with Crippen LogP contribution in [0, 0.1) is 0 Å². The number of anilines is 1. The number of hydrogen-bond donors (Lipinski definition) is 2. The Balaban J connectivity index is 1.69. The molecule has 0 aliphatic carbocycles. The number of ether oxygens (including phenoxy) is 2. The summed E-state index contributed by atoms with van der Waals surface area (Å²) in [5, 5.41) is 14.2. The van der Waals surface area contributed by atoms with Crippen LogP contribution in [0.3, 0.4) is 0 Å². The summed E-state index contributed by atoms with van der Waals surface area (Å²) in [6.07, 6.45) is 3.19. The van der Waals surface area contributed by atoms with Gasteiger partial charge in [0.05, 0.1) is 0 Å². The molecular formula is C21H19NO4. The molecule has 0 aromatic heterocycles. The van der Waals surface area contributed by atoms with E-state index in [9.17, 15) is 9.90 Å². The number of nitrogens with one attached hydrogen (secondary N) is 1. The summed E-state index contributed by atoms with van der Waals surface area (Å²) in [7, 11) is 1.56. The van der Waals surface area contributed by atoms with Gasteiger partial charge in [0.25, 0.3) is 0 Å². The minimum atomic E-state index is -0.249. The zero-order chi connectivity index (χ0) is 18.4. The number of phenolic OH excluding ortho intramolecular Hbond substituents is 1. The standard InChI is InChI=1S/C21H19NO4/c1-25-14-26-16-11-8-15(9-12-16)10-13-21(24)22-19-6-2-5-18-17(19)4-3-7-20(18)23/h2-13,23H,14H2,1H3,(H,22,24)/b13-10+. The topological polar surface area (TPSA) is 67.8 Å². The lowest BCUT2D eigenvalue weighted by atomic mass is 10.1. The SMILES string of the molecule is COCOc1ccc(/C=C/C(=O)Nc2cccc3c(O)cccc23)cc1. The zero-order valence-electron chi connectivity index (χ0n) is 14.3. The quantitative estimate of drug-likeness (QED) is 0.517. The molecule has 0 unspecified atom stereocenters. The Hall–Kier alpha value is -3.31. The normalized spacial score (nSPS) is 11.0. The van der Waals surface area contributed by atoms with Crippen molar-refractivity contribution in [3.8, 4) is 11.5 Å². The molecule has 3 aromatic carbocycles. The average molecular weight is 349 g/mol. The second-order valence-corrected chi connectivity index (χ2v) is 5.62. The van der Waals surface area contributed by atoms with Gasteiger partial charge in [-0.05, 0) is 35.9 Å². The van der Waals surface area contributed by atoms with Crippen LogP contribution in [0.25, 0.3) is 16.8 Å². The molecular weight excluding hydrogens is 330 g/mol. The van der Waals surface area contributed by atoms with Crippen molar-refractivity contribution in [1.82, 2.24) is 0 Å². The van der Waals surface area contributed by atoms with Gasteiger partial charge in [0.1, 0.15) is 11.5 Å². The molecule has 2 N–H and O–H groups in total. The molecule has 0 aliphatic heterocycles. The van der Waals surface area contributed by atoms with Gasteiger partial charge in [-0.3, -0.25) is 4.79 Å². The van der Waals surface area contributed by atoms with Crippen LogP contribution in [0.2, 0.25) is 0 Å². The van der Waals surface area contributed by atoms with E-state index >= 15 is 0 Å². The first kappa shape index (κ1) is 17.5. The highest BCUT2D eigenvalue weighted by Crippen LogP contribution is 2.29. The maximum atomic E-state index is 12.2. The highest BCUT2D eigenvalue weighted by molar-refractivity contribution is 6.08. The van der Waals surface area contributed by atoms with Crippen LogP contribution in [0.5, 0.6) is 11.5 Å². The Bertz CT molecular complexity index is 932. The maximum Gasteiger partial charge on any atom is 0.248 e. The Morgan fingerprint density at radius 3 is 2.54 bits per heavy atom. The van der Waals surface area contributed by atoms with Crippen molar-refractivity contribution in [3.63, 3.8) is 0 Å². The number of aromatic hydroxyl groups is 1. The van der Waals surface area contributed by atoms with E-state index in [1.807, 2.05) is 36.4 Å². The van der Waals surface area contributed by atoms with E-state index in [2.05, 4.69) is 5.32 Å². The lowest BCUT2D eigenvalue weighted by Crippen LogP contribution is -2.08. The molecule has 5 nitrogen and oxygen atoms in total. The van der Waals surface area contributed by atoms with Crippen LogP contribution >= 0.6 is 0 Å². The third-order valence-corrected chi connectivity index (χ3v) is 3.81. The molecule has 0 aliphatic rings. The van der Waals surface area contributed by atoms with E-state index in [4.69, 9.17) is 9.47 Å². The molecule has 0 saturated heterocycles. The van der Waals surface area contributed by atoms with Crippen molar-refractivity contribution >= 4 is 28.4 Å².